The zero-order valence-electron chi connectivity index (χ0n) is 17.5. The molecule has 0 spiro atoms. The highest BCUT2D eigenvalue weighted by Crippen LogP contribution is 2.36. The van der Waals surface area contributed by atoms with E-state index in [2.05, 4.69) is 15.5 Å². The van der Waals surface area contributed by atoms with Crippen molar-refractivity contribution >= 4 is 11.8 Å². The zero-order valence-corrected chi connectivity index (χ0v) is 17.5. The fourth-order valence-corrected chi connectivity index (χ4v) is 2.91. The second-order valence-electron chi connectivity index (χ2n) is 8.11. The van der Waals surface area contributed by atoms with Crippen LogP contribution in [0.4, 0.5) is 36.8 Å². The molecule has 1 unspecified atom stereocenters. The number of nitriles is 1. The summed E-state index contributed by atoms with van der Waals surface area (Å²) < 4.78 is 84.3. The molecule has 180 valence electrons. The number of nitrogens with one attached hydrogen (secondary N) is 1. The van der Waals surface area contributed by atoms with E-state index in [0.29, 0.717) is 11.0 Å². The Kier molecular flexibility index (Phi) is 7.15. The molecule has 1 atom stereocenters. The van der Waals surface area contributed by atoms with Gasteiger partial charge in [0.25, 0.3) is 0 Å². The molecule has 2 rings (SSSR count). The summed E-state index contributed by atoms with van der Waals surface area (Å²) in [4.78, 5) is 15.6. The number of alkyl halides is 6. The van der Waals surface area contributed by atoms with Gasteiger partial charge in [-0.3, -0.25) is 0 Å². The van der Waals surface area contributed by atoms with Crippen molar-refractivity contribution in [2.75, 3.05) is 11.4 Å². The van der Waals surface area contributed by atoms with Gasteiger partial charge in [-0.2, -0.15) is 36.6 Å². The average Bonchev–Trinajstić information content (AvgIpc) is 3.10. The molecule has 0 radical (unpaired) electrons. The van der Waals surface area contributed by atoms with Gasteiger partial charge >= 0.3 is 18.4 Å². The molecule has 1 aromatic carbocycles. The lowest BCUT2D eigenvalue weighted by atomic mass is 9.87. The van der Waals surface area contributed by atoms with E-state index in [9.17, 15) is 31.1 Å². The van der Waals surface area contributed by atoms with E-state index in [1.807, 2.05) is 0 Å². The summed E-state index contributed by atoms with van der Waals surface area (Å²) in [5, 5.41) is 23.7. The van der Waals surface area contributed by atoms with E-state index < -0.39 is 59.8 Å². The van der Waals surface area contributed by atoms with Crippen LogP contribution in [0.15, 0.2) is 22.7 Å². The highest BCUT2D eigenvalue weighted by Gasteiger charge is 2.37. The number of anilines is 1. The molecular formula is C19H19F6N5O3. The largest absolute Gasteiger partial charge is 0.465 e. The predicted molar refractivity (Wildman–Crippen MR) is 101 cm³/mol. The summed E-state index contributed by atoms with van der Waals surface area (Å²) >= 11 is 0. The number of carboxylic acid groups (broad SMARTS) is 1. The summed E-state index contributed by atoms with van der Waals surface area (Å²) in [6.45, 7) is 2.63. The van der Waals surface area contributed by atoms with Gasteiger partial charge in [0, 0.05) is 5.69 Å². The van der Waals surface area contributed by atoms with E-state index in [1.165, 1.54) is 6.07 Å². The van der Waals surface area contributed by atoms with Crippen LogP contribution < -0.4 is 10.2 Å². The van der Waals surface area contributed by atoms with Crippen LogP contribution in [0.3, 0.4) is 0 Å². The fourth-order valence-electron chi connectivity index (χ4n) is 2.91. The van der Waals surface area contributed by atoms with E-state index in [4.69, 9.17) is 14.9 Å². The van der Waals surface area contributed by atoms with Crippen LogP contribution in [0.5, 0.6) is 0 Å². The van der Waals surface area contributed by atoms with Gasteiger partial charge in [-0.1, -0.05) is 25.9 Å². The molecule has 14 heteroatoms. The first-order chi connectivity index (χ1) is 15.0. The molecule has 1 aromatic heterocycles. The number of hydrogen-bond donors (Lipinski definition) is 2. The maximum atomic E-state index is 13.3. The van der Waals surface area contributed by atoms with Crippen molar-refractivity contribution in [1.82, 2.24) is 15.5 Å². The number of nitrogens with zero attached hydrogens (tertiary/aromatic N) is 4. The molecule has 8 nitrogen and oxygen atoms in total. The first kappa shape index (κ1) is 25.8. The molecule has 2 aromatic rings. The Hall–Kier alpha value is -3.50. The lowest BCUT2D eigenvalue weighted by Crippen LogP contribution is -2.36. The first-order valence-electron chi connectivity index (χ1n) is 9.26. The van der Waals surface area contributed by atoms with Gasteiger partial charge in [-0.15, -0.1) is 0 Å². The molecule has 0 saturated heterocycles. The van der Waals surface area contributed by atoms with Crippen LogP contribution in [-0.4, -0.2) is 34.1 Å². The number of hydrogen-bond acceptors (Lipinski definition) is 6. The summed E-state index contributed by atoms with van der Waals surface area (Å²) in [5.41, 5.74) is -3.35. The molecule has 1 heterocycles. The number of benzene rings is 1. The Morgan fingerprint density at radius 3 is 2.36 bits per heavy atom. The maximum absolute atomic E-state index is 13.3. The van der Waals surface area contributed by atoms with Gasteiger partial charge in [0.15, 0.2) is 5.82 Å². The molecule has 0 aliphatic carbocycles. The summed E-state index contributed by atoms with van der Waals surface area (Å²) in [6, 6.07) is 2.52. The number of rotatable bonds is 6. The molecular weight excluding hydrogens is 460 g/mol. The Bertz CT molecular complexity index is 1040. The monoisotopic (exact) mass is 479 g/mol. The third-order valence-electron chi connectivity index (χ3n) is 4.36. The van der Waals surface area contributed by atoms with Crippen molar-refractivity contribution in [3.63, 3.8) is 0 Å². The third kappa shape index (κ3) is 6.99. The third-order valence-corrected chi connectivity index (χ3v) is 4.36. The minimum atomic E-state index is -4.97. The van der Waals surface area contributed by atoms with Crippen molar-refractivity contribution in [2.45, 2.75) is 45.7 Å². The van der Waals surface area contributed by atoms with Crippen molar-refractivity contribution < 1.29 is 40.8 Å². The van der Waals surface area contributed by atoms with Gasteiger partial charge in [0.2, 0.25) is 5.89 Å². The van der Waals surface area contributed by atoms with E-state index >= 15 is 0 Å². The van der Waals surface area contributed by atoms with Crippen LogP contribution in [0.2, 0.25) is 0 Å². The Labute approximate surface area is 183 Å². The lowest BCUT2D eigenvalue weighted by Gasteiger charge is -2.27. The molecule has 0 saturated carbocycles. The number of aromatic nitrogens is 2. The fraction of sp³-hybridized carbons (Fsp3) is 0.474. The van der Waals surface area contributed by atoms with Crippen molar-refractivity contribution in [2.24, 2.45) is 5.41 Å². The normalized spacial score (nSPS) is 13.3. The van der Waals surface area contributed by atoms with Gasteiger partial charge < -0.3 is 19.8 Å². The highest BCUT2D eigenvalue weighted by atomic mass is 19.4. The molecule has 1 amide bonds. The minimum absolute atomic E-state index is 0.220. The van der Waals surface area contributed by atoms with Crippen LogP contribution in [0, 0.1) is 16.7 Å². The number of halogens is 6. The highest BCUT2D eigenvalue weighted by molar-refractivity contribution is 5.65. The minimum Gasteiger partial charge on any atom is -0.465 e. The van der Waals surface area contributed by atoms with Crippen molar-refractivity contribution in [1.29, 1.82) is 5.26 Å². The standard InChI is InChI=1S/C19H19F6N5O3/c1-17(2,3)14(28-16(31)32)15-27-13(29-33-15)8-30(9-18(20,21)22)11-5-4-10(7-26)12(6-11)19(23,24)25/h4-6,14,28H,8-9H2,1-3H3,(H,31,32). The Balaban J connectivity index is 2.44. The van der Waals surface area contributed by atoms with E-state index in [-0.39, 0.29) is 11.7 Å². The smallest absolute Gasteiger partial charge is 0.417 e. The summed E-state index contributed by atoms with van der Waals surface area (Å²) in [5.74, 6) is -0.531. The molecule has 33 heavy (non-hydrogen) atoms. The van der Waals surface area contributed by atoms with Gasteiger partial charge in [0.05, 0.1) is 23.7 Å². The topological polar surface area (TPSA) is 115 Å². The SMILES string of the molecule is CC(C)(C)C(NC(=O)O)c1nc(CN(CC(F)(F)F)c2ccc(C#N)c(C(F)(F)F)c2)no1. The molecule has 2 N–H and O–H groups in total. The second-order valence-corrected chi connectivity index (χ2v) is 8.11. The summed E-state index contributed by atoms with van der Waals surface area (Å²) in [7, 11) is 0. The van der Waals surface area contributed by atoms with Crippen LogP contribution in [0.25, 0.3) is 0 Å². The van der Waals surface area contributed by atoms with Gasteiger partial charge in [-0.25, -0.2) is 4.79 Å². The van der Waals surface area contributed by atoms with Gasteiger partial charge in [-0.05, 0) is 23.6 Å². The molecule has 0 aliphatic heterocycles. The maximum Gasteiger partial charge on any atom is 0.417 e. The summed E-state index contributed by atoms with van der Waals surface area (Å²) in [6.07, 6.45) is -11.2. The molecule has 0 fully saturated rings. The van der Waals surface area contributed by atoms with Crippen LogP contribution in [-0.2, 0) is 12.7 Å². The Morgan fingerprint density at radius 1 is 1.24 bits per heavy atom. The Morgan fingerprint density at radius 2 is 1.88 bits per heavy atom. The van der Waals surface area contributed by atoms with Crippen LogP contribution in [0.1, 0.15) is 49.7 Å². The zero-order chi connectivity index (χ0) is 25.2. The molecule has 0 bridgehead atoms. The number of amides is 1. The molecule has 0 aliphatic rings. The lowest BCUT2D eigenvalue weighted by molar-refractivity contribution is -0.137. The average molecular weight is 479 g/mol. The van der Waals surface area contributed by atoms with E-state index in [1.54, 1.807) is 20.8 Å². The van der Waals surface area contributed by atoms with Crippen molar-refractivity contribution in [3.8, 4) is 6.07 Å². The second kappa shape index (κ2) is 9.16. The quantitative estimate of drug-likeness (QED) is 0.567. The first-order valence-corrected chi connectivity index (χ1v) is 9.26. The van der Waals surface area contributed by atoms with Crippen molar-refractivity contribution in [3.05, 3.63) is 41.0 Å². The van der Waals surface area contributed by atoms with Crippen LogP contribution >= 0.6 is 0 Å². The van der Waals surface area contributed by atoms with E-state index in [0.717, 1.165) is 12.1 Å². The predicted octanol–water partition coefficient (Wildman–Crippen LogP) is 4.88. The van der Waals surface area contributed by atoms with Gasteiger partial charge in [0.1, 0.15) is 12.6 Å². The number of carbonyl (C=O) groups is 1.